The summed E-state index contributed by atoms with van der Waals surface area (Å²) in [5, 5.41) is 0. The van der Waals surface area contributed by atoms with Gasteiger partial charge in [0.2, 0.25) is 0 Å². The maximum absolute atomic E-state index is 5.61. The van der Waals surface area contributed by atoms with Crippen LogP contribution in [0.3, 0.4) is 0 Å². The number of halogens is 1. The summed E-state index contributed by atoms with van der Waals surface area (Å²) in [6, 6.07) is 3.92. The van der Waals surface area contributed by atoms with Crippen molar-refractivity contribution in [2.75, 3.05) is 5.73 Å². The smallest absolute Gasteiger partial charge is 0.0452 e. The number of nitrogen functional groups attached to an aromatic ring is 1. The van der Waals surface area contributed by atoms with Crippen molar-refractivity contribution in [2.45, 2.75) is 18.7 Å². The minimum atomic E-state index is 0. The van der Waals surface area contributed by atoms with Gasteiger partial charge in [0.05, 0.1) is 0 Å². The van der Waals surface area contributed by atoms with E-state index in [1.807, 2.05) is 19.1 Å². The monoisotopic (exact) mass is 189 g/mol. The van der Waals surface area contributed by atoms with Crippen LogP contribution in [-0.4, -0.2) is 0 Å². The normalized spacial score (nSPS) is 9.00. The molecule has 0 aliphatic heterocycles. The molecule has 0 saturated carbocycles. The highest BCUT2D eigenvalue weighted by molar-refractivity contribution is 7.80. The lowest BCUT2D eigenvalue weighted by Crippen LogP contribution is -1.89. The van der Waals surface area contributed by atoms with Gasteiger partial charge in [0, 0.05) is 10.6 Å². The van der Waals surface area contributed by atoms with E-state index in [1.165, 1.54) is 11.1 Å². The highest BCUT2D eigenvalue weighted by Crippen LogP contribution is 2.20. The zero-order valence-electron chi connectivity index (χ0n) is 6.59. The van der Waals surface area contributed by atoms with Gasteiger partial charge in [-0.25, -0.2) is 0 Å². The van der Waals surface area contributed by atoms with E-state index in [9.17, 15) is 0 Å². The Balaban J connectivity index is 0.000001000. The highest BCUT2D eigenvalue weighted by atomic mass is 35.5. The third-order valence-electron chi connectivity index (χ3n) is 1.64. The fraction of sp³-hybridized carbons (Fsp3) is 0.250. The SMILES string of the molecule is Cc1cc(N)c(S)cc1C.Cl. The first-order valence-corrected chi connectivity index (χ1v) is 3.61. The number of benzene rings is 1. The molecule has 0 aromatic heterocycles. The summed E-state index contributed by atoms with van der Waals surface area (Å²) >= 11 is 4.19. The number of rotatable bonds is 0. The van der Waals surface area contributed by atoms with Crippen molar-refractivity contribution < 1.29 is 0 Å². The van der Waals surface area contributed by atoms with E-state index in [2.05, 4.69) is 19.6 Å². The average molecular weight is 190 g/mol. The van der Waals surface area contributed by atoms with Crippen LogP contribution in [-0.2, 0) is 0 Å². The Morgan fingerprint density at radius 2 is 1.64 bits per heavy atom. The van der Waals surface area contributed by atoms with Gasteiger partial charge in [0.25, 0.3) is 0 Å². The number of anilines is 1. The van der Waals surface area contributed by atoms with Crippen LogP contribution in [0.25, 0.3) is 0 Å². The molecule has 1 rings (SSSR count). The molecule has 2 N–H and O–H groups in total. The van der Waals surface area contributed by atoms with Gasteiger partial charge in [-0.1, -0.05) is 0 Å². The Bertz CT molecular complexity index is 210. The van der Waals surface area contributed by atoms with Gasteiger partial charge >= 0.3 is 0 Å². The predicted octanol–water partition coefficient (Wildman–Crippen LogP) is 2.60. The van der Waals surface area contributed by atoms with Crippen LogP contribution in [0.5, 0.6) is 0 Å². The number of hydrogen-bond donors (Lipinski definition) is 2. The van der Waals surface area contributed by atoms with E-state index in [0.29, 0.717) is 0 Å². The highest BCUT2D eigenvalue weighted by Gasteiger charge is 1.96. The van der Waals surface area contributed by atoms with E-state index < -0.39 is 0 Å². The second-order valence-corrected chi connectivity index (χ2v) is 2.98. The van der Waals surface area contributed by atoms with Crippen LogP contribution in [0.1, 0.15) is 11.1 Å². The van der Waals surface area contributed by atoms with Crippen molar-refractivity contribution in [2.24, 2.45) is 0 Å². The Morgan fingerprint density at radius 1 is 1.18 bits per heavy atom. The second kappa shape index (κ2) is 3.88. The number of aryl methyl sites for hydroxylation is 2. The first-order valence-electron chi connectivity index (χ1n) is 3.17. The maximum atomic E-state index is 5.61. The van der Waals surface area contributed by atoms with E-state index >= 15 is 0 Å². The summed E-state index contributed by atoms with van der Waals surface area (Å²) in [5.41, 5.74) is 8.82. The molecule has 0 bridgehead atoms. The molecule has 0 aliphatic carbocycles. The molecule has 0 amide bonds. The first kappa shape index (κ1) is 10.7. The Morgan fingerprint density at radius 3 is 2.09 bits per heavy atom. The lowest BCUT2D eigenvalue weighted by molar-refractivity contribution is 1.29. The fourth-order valence-electron chi connectivity index (χ4n) is 0.823. The van der Waals surface area contributed by atoms with Crippen LogP contribution in [0.4, 0.5) is 5.69 Å². The molecule has 0 saturated heterocycles. The number of hydrogen-bond acceptors (Lipinski definition) is 2. The van der Waals surface area contributed by atoms with Crippen LogP contribution in [0.2, 0.25) is 0 Å². The van der Waals surface area contributed by atoms with Gasteiger partial charge in [0.15, 0.2) is 0 Å². The summed E-state index contributed by atoms with van der Waals surface area (Å²) < 4.78 is 0. The quantitative estimate of drug-likeness (QED) is 0.476. The molecule has 62 valence electrons. The van der Waals surface area contributed by atoms with E-state index in [4.69, 9.17) is 5.73 Å². The third kappa shape index (κ3) is 2.31. The lowest BCUT2D eigenvalue weighted by Gasteiger charge is -2.03. The summed E-state index contributed by atoms with van der Waals surface area (Å²) in [6.07, 6.45) is 0. The number of nitrogens with two attached hydrogens (primary N) is 1. The van der Waals surface area contributed by atoms with Gasteiger partial charge in [-0.15, -0.1) is 25.0 Å². The van der Waals surface area contributed by atoms with Gasteiger partial charge in [-0.05, 0) is 37.1 Å². The van der Waals surface area contributed by atoms with E-state index in [1.54, 1.807) is 0 Å². The molecule has 0 unspecified atom stereocenters. The Hall–Kier alpha value is -0.340. The summed E-state index contributed by atoms with van der Waals surface area (Å²) in [5.74, 6) is 0. The van der Waals surface area contributed by atoms with Crippen molar-refractivity contribution in [1.29, 1.82) is 0 Å². The van der Waals surface area contributed by atoms with Crippen molar-refractivity contribution in [1.82, 2.24) is 0 Å². The van der Waals surface area contributed by atoms with Crippen LogP contribution >= 0.6 is 25.0 Å². The fourth-order valence-corrected chi connectivity index (χ4v) is 1.08. The molecule has 0 aliphatic rings. The lowest BCUT2D eigenvalue weighted by atomic mass is 10.1. The molecule has 0 fully saturated rings. The largest absolute Gasteiger partial charge is 0.398 e. The van der Waals surface area contributed by atoms with Gasteiger partial charge < -0.3 is 5.73 Å². The summed E-state index contributed by atoms with van der Waals surface area (Å²) in [6.45, 7) is 4.09. The van der Waals surface area contributed by atoms with Crippen molar-refractivity contribution >= 4 is 30.7 Å². The van der Waals surface area contributed by atoms with Crippen LogP contribution in [0, 0.1) is 13.8 Å². The Labute approximate surface area is 78.8 Å². The minimum absolute atomic E-state index is 0. The van der Waals surface area contributed by atoms with Crippen molar-refractivity contribution in [3.05, 3.63) is 23.3 Å². The standard InChI is InChI=1S/C8H11NS.ClH/c1-5-3-7(9)8(10)4-6(5)2;/h3-4,10H,9H2,1-2H3;1H. The van der Waals surface area contributed by atoms with Gasteiger partial charge in [0.1, 0.15) is 0 Å². The van der Waals surface area contributed by atoms with Gasteiger partial charge in [-0.3, -0.25) is 0 Å². The van der Waals surface area contributed by atoms with E-state index in [0.717, 1.165) is 10.6 Å². The molecule has 0 atom stereocenters. The summed E-state index contributed by atoms with van der Waals surface area (Å²) in [4.78, 5) is 0.864. The zero-order chi connectivity index (χ0) is 7.72. The zero-order valence-corrected chi connectivity index (χ0v) is 8.30. The topological polar surface area (TPSA) is 26.0 Å². The molecule has 0 radical (unpaired) electrons. The van der Waals surface area contributed by atoms with E-state index in [-0.39, 0.29) is 12.4 Å². The molecule has 11 heavy (non-hydrogen) atoms. The van der Waals surface area contributed by atoms with Crippen molar-refractivity contribution in [3.8, 4) is 0 Å². The minimum Gasteiger partial charge on any atom is -0.398 e. The molecular weight excluding hydrogens is 178 g/mol. The molecule has 3 heteroatoms. The second-order valence-electron chi connectivity index (χ2n) is 2.50. The molecule has 1 nitrogen and oxygen atoms in total. The molecule has 1 aromatic carbocycles. The molecule has 1 aromatic rings. The summed E-state index contributed by atoms with van der Waals surface area (Å²) in [7, 11) is 0. The van der Waals surface area contributed by atoms with Crippen LogP contribution < -0.4 is 5.73 Å². The predicted molar refractivity (Wildman–Crippen MR) is 54.8 cm³/mol. The van der Waals surface area contributed by atoms with Gasteiger partial charge in [-0.2, -0.15) is 0 Å². The third-order valence-corrected chi connectivity index (χ3v) is 2.03. The average Bonchev–Trinajstić information content (AvgIpc) is 1.84. The van der Waals surface area contributed by atoms with Crippen LogP contribution in [0.15, 0.2) is 17.0 Å². The molecule has 0 heterocycles. The molecule has 0 spiro atoms. The first-order chi connectivity index (χ1) is 4.61. The Kier molecular flexibility index (Phi) is 3.76. The molecular formula is C8H12ClNS. The maximum Gasteiger partial charge on any atom is 0.0452 e. The van der Waals surface area contributed by atoms with Crippen molar-refractivity contribution in [3.63, 3.8) is 0 Å². The number of thiol groups is 1.